The van der Waals surface area contributed by atoms with Crippen molar-refractivity contribution in [3.8, 4) is 0 Å². The van der Waals surface area contributed by atoms with E-state index in [9.17, 15) is 19.2 Å². The van der Waals surface area contributed by atoms with Crippen molar-refractivity contribution >= 4 is 35.6 Å². The lowest BCUT2D eigenvalue weighted by molar-refractivity contribution is 0.0425. The smallest absolute Gasteiger partial charge is 0.346 e. The Hall–Kier alpha value is -2.93. The summed E-state index contributed by atoms with van der Waals surface area (Å²) in [5.74, 6) is -2.65. The Morgan fingerprint density at radius 3 is 1.39 bits per heavy atom. The zero-order valence-corrected chi connectivity index (χ0v) is 12.1. The Bertz CT molecular complexity index is 855. The average molecular weight is 326 g/mol. The van der Waals surface area contributed by atoms with E-state index in [1.54, 1.807) is 24.3 Å². The lowest BCUT2D eigenvalue weighted by Gasteiger charge is -2.03. The van der Waals surface area contributed by atoms with Gasteiger partial charge in [0.1, 0.15) is 0 Å². The molecule has 0 aromatic heterocycles. The molecule has 0 amide bonds. The molecule has 23 heavy (non-hydrogen) atoms. The molecule has 4 rings (SSSR count). The number of hydrogen-bond donors (Lipinski definition) is 0. The highest BCUT2D eigenvalue weighted by Gasteiger charge is 2.31. The molecule has 6 nitrogen and oxygen atoms in total. The summed E-state index contributed by atoms with van der Waals surface area (Å²) >= 11 is 1.29. The van der Waals surface area contributed by atoms with Crippen LogP contribution in [0.1, 0.15) is 41.4 Å². The average Bonchev–Trinajstić information content (AvgIpc) is 2.96. The Morgan fingerprint density at radius 2 is 0.957 bits per heavy atom. The van der Waals surface area contributed by atoms with Crippen LogP contribution in [0.4, 0.5) is 0 Å². The van der Waals surface area contributed by atoms with Gasteiger partial charge in [-0.3, -0.25) is 0 Å². The van der Waals surface area contributed by atoms with Gasteiger partial charge >= 0.3 is 23.9 Å². The van der Waals surface area contributed by atoms with Gasteiger partial charge in [0.25, 0.3) is 0 Å². The van der Waals surface area contributed by atoms with E-state index >= 15 is 0 Å². The molecule has 112 valence electrons. The van der Waals surface area contributed by atoms with Crippen molar-refractivity contribution in [2.24, 2.45) is 0 Å². The first kappa shape index (κ1) is 13.7. The summed E-state index contributed by atoms with van der Waals surface area (Å²) < 4.78 is 9.07. The summed E-state index contributed by atoms with van der Waals surface area (Å²) in [5, 5.41) is 0. The van der Waals surface area contributed by atoms with E-state index in [2.05, 4.69) is 9.47 Å². The van der Waals surface area contributed by atoms with E-state index in [0.717, 1.165) is 0 Å². The van der Waals surface area contributed by atoms with Crippen LogP contribution in [0.5, 0.6) is 0 Å². The van der Waals surface area contributed by atoms with Gasteiger partial charge in [-0.05, 0) is 36.4 Å². The summed E-state index contributed by atoms with van der Waals surface area (Å²) in [6.07, 6.45) is 0. The zero-order chi connectivity index (χ0) is 16.1. The SMILES string of the molecule is O=C1OC(=O)c2cc(Sc3ccc4c(c3)C(=O)OC4=O)ccc21. The van der Waals surface area contributed by atoms with Gasteiger partial charge in [0, 0.05) is 9.79 Å². The normalized spacial score (nSPS) is 15.3. The topological polar surface area (TPSA) is 86.7 Å². The molecule has 0 saturated carbocycles. The van der Waals surface area contributed by atoms with Crippen molar-refractivity contribution in [1.82, 2.24) is 0 Å². The van der Waals surface area contributed by atoms with Crippen molar-refractivity contribution in [2.45, 2.75) is 9.79 Å². The fraction of sp³-hybridized carbons (Fsp3) is 0. The third kappa shape index (κ3) is 2.13. The lowest BCUT2D eigenvalue weighted by Crippen LogP contribution is -1.96. The van der Waals surface area contributed by atoms with Crippen LogP contribution in [-0.4, -0.2) is 23.9 Å². The van der Waals surface area contributed by atoms with Gasteiger partial charge in [-0.1, -0.05) is 11.8 Å². The molecule has 0 spiro atoms. The lowest BCUT2D eigenvalue weighted by atomic mass is 10.1. The van der Waals surface area contributed by atoms with E-state index in [4.69, 9.17) is 0 Å². The minimum Gasteiger partial charge on any atom is -0.386 e. The fourth-order valence-corrected chi connectivity index (χ4v) is 3.29. The van der Waals surface area contributed by atoms with Crippen LogP contribution in [0.2, 0.25) is 0 Å². The van der Waals surface area contributed by atoms with E-state index in [0.29, 0.717) is 9.79 Å². The monoisotopic (exact) mass is 326 g/mol. The number of fused-ring (bicyclic) bond motifs is 2. The number of carbonyl (C=O) groups is 4. The van der Waals surface area contributed by atoms with Crippen LogP contribution in [0.25, 0.3) is 0 Å². The number of esters is 4. The molecule has 0 bridgehead atoms. The number of benzene rings is 2. The predicted molar refractivity (Wildman–Crippen MR) is 76.5 cm³/mol. The highest BCUT2D eigenvalue weighted by Crippen LogP contribution is 2.33. The third-order valence-corrected chi connectivity index (χ3v) is 4.45. The van der Waals surface area contributed by atoms with E-state index in [1.807, 2.05) is 0 Å². The van der Waals surface area contributed by atoms with E-state index < -0.39 is 23.9 Å². The summed E-state index contributed by atoms with van der Waals surface area (Å²) in [7, 11) is 0. The van der Waals surface area contributed by atoms with E-state index in [-0.39, 0.29) is 22.3 Å². The van der Waals surface area contributed by atoms with Gasteiger partial charge in [0.15, 0.2) is 0 Å². The Labute approximate surface area is 133 Å². The zero-order valence-electron chi connectivity index (χ0n) is 11.3. The van der Waals surface area contributed by atoms with Crippen LogP contribution in [-0.2, 0) is 9.47 Å². The van der Waals surface area contributed by atoms with Gasteiger partial charge in [0.2, 0.25) is 0 Å². The maximum absolute atomic E-state index is 11.6. The first-order valence-electron chi connectivity index (χ1n) is 6.52. The minimum absolute atomic E-state index is 0.218. The van der Waals surface area contributed by atoms with Gasteiger partial charge in [-0.2, -0.15) is 0 Å². The summed E-state index contributed by atoms with van der Waals surface area (Å²) in [6, 6.07) is 9.53. The van der Waals surface area contributed by atoms with Crippen molar-refractivity contribution < 1.29 is 28.7 Å². The molecular formula is C16H6O6S. The second-order valence-electron chi connectivity index (χ2n) is 4.87. The van der Waals surface area contributed by atoms with Crippen LogP contribution < -0.4 is 0 Å². The number of hydrogen-bond acceptors (Lipinski definition) is 7. The fourth-order valence-electron chi connectivity index (χ4n) is 2.39. The van der Waals surface area contributed by atoms with Gasteiger partial charge in [0.05, 0.1) is 22.3 Å². The standard InChI is InChI=1S/C16H6O6S/c17-13-9-3-1-7(5-11(9)15(19)21-13)23-8-2-4-10-12(6-8)16(20)22-14(10)18/h1-6H. The first-order chi connectivity index (χ1) is 11.0. The molecule has 2 aliphatic rings. The summed E-state index contributed by atoms with van der Waals surface area (Å²) in [6.45, 7) is 0. The van der Waals surface area contributed by atoms with Crippen LogP contribution in [0.15, 0.2) is 46.2 Å². The third-order valence-electron chi connectivity index (χ3n) is 3.47. The van der Waals surface area contributed by atoms with E-state index in [1.165, 1.54) is 23.9 Å². The molecule has 0 atom stereocenters. The van der Waals surface area contributed by atoms with Crippen molar-refractivity contribution in [3.63, 3.8) is 0 Å². The molecule has 0 fully saturated rings. The number of ether oxygens (including phenoxy) is 2. The van der Waals surface area contributed by atoms with Crippen molar-refractivity contribution in [3.05, 3.63) is 58.7 Å². The van der Waals surface area contributed by atoms with Gasteiger partial charge < -0.3 is 9.47 Å². The van der Waals surface area contributed by atoms with Crippen molar-refractivity contribution in [2.75, 3.05) is 0 Å². The molecule has 2 heterocycles. The Balaban J connectivity index is 1.68. The summed E-state index contributed by atoms with van der Waals surface area (Å²) in [5.41, 5.74) is 0.913. The van der Waals surface area contributed by atoms with Crippen molar-refractivity contribution in [1.29, 1.82) is 0 Å². The first-order valence-corrected chi connectivity index (χ1v) is 7.33. The number of cyclic esters (lactones) is 4. The number of rotatable bonds is 2. The van der Waals surface area contributed by atoms with Gasteiger partial charge in [-0.15, -0.1) is 0 Å². The summed E-state index contributed by atoms with van der Waals surface area (Å²) in [4.78, 5) is 47.3. The highest BCUT2D eigenvalue weighted by molar-refractivity contribution is 7.99. The molecular weight excluding hydrogens is 320 g/mol. The van der Waals surface area contributed by atoms with Gasteiger partial charge in [-0.25, -0.2) is 19.2 Å². The second kappa shape index (κ2) is 4.79. The van der Waals surface area contributed by atoms with Crippen LogP contribution in [0, 0.1) is 0 Å². The predicted octanol–water partition coefficient (Wildman–Crippen LogP) is 2.46. The molecule has 2 aromatic carbocycles. The molecule has 0 saturated heterocycles. The molecule has 0 aliphatic carbocycles. The molecule has 2 aromatic rings. The largest absolute Gasteiger partial charge is 0.386 e. The molecule has 2 aliphatic heterocycles. The minimum atomic E-state index is -0.671. The molecule has 7 heteroatoms. The Kier molecular flexibility index (Phi) is 2.85. The van der Waals surface area contributed by atoms with Crippen LogP contribution >= 0.6 is 11.8 Å². The highest BCUT2D eigenvalue weighted by atomic mass is 32.2. The quantitative estimate of drug-likeness (QED) is 0.619. The Morgan fingerprint density at radius 1 is 0.565 bits per heavy atom. The second-order valence-corrected chi connectivity index (χ2v) is 6.02. The molecule has 0 unspecified atom stereocenters. The maximum Gasteiger partial charge on any atom is 0.346 e. The number of carbonyl (C=O) groups excluding carboxylic acids is 4. The van der Waals surface area contributed by atoms with Crippen LogP contribution in [0.3, 0.4) is 0 Å². The maximum atomic E-state index is 11.6. The molecule has 0 N–H and O–H groups in total. The molecule has 0 radical (unpaired) electrons.